The largest absolute Gasteiger partial charge is 0.449 e. The molecule has 2 aromatic rings. The van der Waals surface area contributed by atoms with Gasteiger partial charge < -0.3 is 14.2 Å². The minimum absolute atomic E-state index is 0.0355. The molecule has 0 aliphatic carbocycles. The number of nitrogens with one attached hydrogen (secondary N) is 1. The van der Waals surface area contributed by atoms with Crippen LogP contribution in [0.1, 0.15) is 32.3 Å². The Kier molecular flexibility index (Phi) is 5.48. The Morgan fingerprint density at radius 3 is 2.33 bits per heavy atom. The van der Waals surface area contributed by atoms with Crippen LogP contribution >= 0.6 is 0 Å². The molecule has 1 aromatic carbocycles. The Bertz CT molecular complexity index is 1040. The highest BCUT2D eigenvalue weighted by Crippen LogP contribution is 2.35. The van der Waals surface area contributed by atoms with E-state index in [-0.39, 0.29) is 30.2 Å². The Morgan fingerprint density at radius 1 is 1.13 bits per heavy atom. The highest BCUT2D eigenvalue weighted by Gasteiger charge is 2.41. The zero-order valence-electron chi connectivity index (χ0n) is 16.5. The number of benzene rings is 1. The van der Waals surface area contributed by atoms with Crippen molar-refractivity contribution >= 4 is 21.9 Å². The van der Waals surface area contributed by atoms with Gasteiger partial charge in [-0.25, -0.2) is 18.2 Å². The van der Waals surface area contributed by atoms with Gasteiger partial charge >= 0.3 is 12.3 Å². The number of hydrogen-bond donors (Lipinski definition) is 1. The van der Waals surface area contributed by atoms with Gasteiger partial charge in [0.15, 0.2) is 5.82 Å². The number of alkyl halides is 3. The quantitative estimate of drug-likeness (QED) is 0.780. The molecule has 1 aliphatic rings. The topological polar surface area (TPSA) is 93.5 Å². The molecule has 30 heavy (non-hydrogen) atoms. The van der Waals surface area contributed by atoms with E-state index in [2.05, 4.69) is 9.71 Å². The SMILES string of the molecule is CC(C)(C)OC(=O)N1CCn2c(C(F)(F)F)nc(NS(=O)(=O)c3ccccc3)c2C1. The van der Waals surface area contributed by atoms with E-state index >= 15 is 0 Å². The minimum atomic E-state index is -4.79. The van der Waals surface area contributed by atoms with Crippen molar-refractivity contribution < 1.29 is 31.1 Å². The van der Waals surface area contributed by atoms with E-state index in [0.717, 1.165) is 4.57 Å². The number of amides is 1. The molecule has 1 amide bonds. The summed E-state index contributed by atoms with van der Waals surface area (Å²) in [4.78, 5) is 17.0. The Hall–Kier alpha value is -2.76. The summed E-state index contributed by atoms with van der Waals surface area (Å²) in [6.45, 7) is 4.47. The minimum Gasteiger partial charge on any atom is -0.444 e. The first-order valence-electron chi connectivity index (χ1n) is 9.00. The fraction of sp³-hybridized carbons (Fsp3) is 0.444. The number of rotatable bonds is 3. The molecule has 0 unspecified atom stereocenters. The first kappa shape index (κ1) is 21.9. The maximum Gasteiger partial charge on any atom is 0.449 e. The van der Waals surface area contributed by atoms with E-state index in [1.54, 1.807) is 26.8 Å². The molecule has 0 saturated carbocycles. The molecule has 0 fully saturated rings. The molecule has 1 N–H and O–H groups in total. The normalized spacial score (nSPS) is 14.9. The molecule has 0 bridgehead atoms. The summed E-state index contributed by atoms with van der Waals surface area (Å²) >= 11 is 0. The van der Waals surface area contributed by atoms with Gasteiger partial charge in [0.1, 0.15) is 5.60 Å². The summed E-state index contributed by atoms with van der Waals surface area (Å²) in [6, 6.07) is 7.20. The van der Waals surface area contributed by atoms with Gasteiger partial charge in [-0.1, -0.05) is 18.2 Å². The van der Waals surface area contributed by atoms with Crippen molar-refractivity contribution in [3.8, 4) is 0 Å². The van der Waals surface area contributed by atoms with Crippen molar-refractivity contribution in [1.29, 1.82) is 0 Å². The van der Waals surface area contributed by atoms with Gasteiger partial charge in [0.25, 0.3) is 10.0 Å². The van der Waals surface area contributed by atoms with Gasteiger partial charge in [-0.2, -0.15) is 13.2 Å². The fourth-order valence-corrected chi connectivity index (χ4v) is 3.99. The number of carbonyl (C=O) groups is 1. The molecule has 0 radical (unpaired) electrons. The molecule has 0 spiro atoms. The zero-order valence-corrected chi connectivity index (χ0v) is 17.3. The van der Waals surface area contributed by atoms with Crippen molar-refractivity contribution in [2.75, 3.05) is 11.3 Å². The van der Waals surface area contributed by atoms with Gasteiger partial charge in [0.2, 0.25) is 5.82 Å². The molecule has 0 atom stereocenters. The van der Waals surface area contributed by atoms with Crippen LogP contribution < -0.4 is 4.72 Å². The first-order valence-corrected chi connectivity index (χ1v) is 10.5. The molecule has 3 rings (SSSR count). The standard InChI is InChI=1S/C18H21F3N4O4S/c1-17(2,3)29-16(26)24-9-10-25-13(11-24)14(22-15(25)18(19,20)21)23-30(27,28)12-7-5-4-6-8-12/h4-8,23H,9-11H2,1-3H3. The number of carbonyl (C=O) groups excluding carboxylic acids is 1. The second-order valence-electron chi connectivity index (χ2n) is 7.70. The Labute approximate surface area is 171 Å². The molecular formula is C18H21F3N4O4S. The van der Waals surface area contributed by atoms with Crippen molar-refractivity contribution in [3.05, 3.63) is 41.9 Å². The molecule has 12 heteroatoms. The number of sulfonamides is 1. The zero-order chi connectivity index (χ0) is 22.3. The fourth-order valence-electron chi connectivity index (χ4n) is 2.93. The third-order valence-corrected chi connectivity index (χ3v) is 5.55. The maximum atomic E-state index is 13.5. The summed E-state index contributed by atoms with van der Waals surface area (Å²) in [6.07, 6.45) is -5.50. The van der Waals surface area contributed by atoms with Crippen LogP contribution in [0.2, 0.25) is 0 Å². The van der Waals surface area contributed by atoms with Crippen LogP contribution in [0.25, 0.3) is 0 Å². The van der Waals surface area contributed by atoms with Crippen LogP contribution in [-0.4, -0.2) is 41.1 Å². The number of ether oxygens (including phenoxy) is 1. The molecule has 2 heterocycles. The van der Waals surface area contributed by atoms with Gasteiger partial charge in [-0.05, 0) is 32.9 Å². The van der Waals surface area contributed by atoms with Crippen molar-refractivity contribution in [3.63, 3.8) is 0 Å². The van der Waals surface area contributed by atoms with Crippen molar-refractivity contribution in [2.24, 2.45) is 0 Å². The van der Waals surface area contributed by atoms with E-state index < -0.39 is 39.5 Å². The molecular weight excluding hydrogens is 425 g/mol. The van der Waals surface area contributed by atoms with Gasteiger partial charge in [0, 0.05) is 13.1 Å². The summed E-state index contributed by atoms with van der Waals surface area (Å²) in [5.74, 6) is -1.70. The lowest BCUT2D eigenvalue weighted by Gasteiger charge is -2.31. The van der Waals surface area contributed by atoms with Crippen LogP contribution in [0.4, 0.5) is 23.8 Å². The second-order valence-corrected chi connectivity index (χ2v) is 9.38. The molecule has 164 valence electrons. The number of hydrogen-bond acceptors (Lipinski definition) is 5. The third-order valence-electron chi connectivity index (χ3n) is 4.20. The summed E-state index contributed by atoms with van der Waals surface area (Å²) in [5, 5.41) is 0. The number of halogens is 3. The lowest BCUT2D eigenvalue weighted by molar-refractivity contribution is -0.147. The van der Waals surface area contributed by atoms with Crippen LogP contribution in [-0.2, 0) is 34.0 Å². The number of imidazole rings is 1. The van der Waals surface area contributed by atoms with Gasteiger partial charge in [0.05, 0.1) is 17.1 Å². The van der Waals surface area contributed by atoms with Gasteiger partial charge in [-0.15, -0.1) is 0 Å². The predicted octanol–water partition coefficient (Wildman–Crippen LogP) is 3.45. The monoisotopic (exact) mass is 446 g/mol. The molecule has 8 nitrogen and oxygen atoms in total. The van der Waals surface area contributed by atoms with Crippen LogP contribution in [0.15, 0.2) is 35.2 Å². The van der Waals surface area contributed by atoms with E-state index in [9.17, 15) is 26.4 Å². The Balaban J connectivity index is 1.98. The van der Waals surface area contributed by atoms with Crippen LogP contribution in [0, 0.1) is 0 Å². The summed E-state index contributed by atoms with van der Waals surface area (Å²) < 4.78 is 73.9. The van der Waals surface area contributed by atoms with Crippen molar-refractivity contribution in [1.82, 2.24) is 14.5 Å². The highest BCUT2D eigenvalue weighted by atomic mass is 32.2. The van der Waals surface area contributed by atoms with Crippen LogP contribution in [0.5, 0.6) is 0 Å². The third kappa shape index (κ3) is 4.69. The molecule has 1 aliphatic heterocycles. The number of fused-ring (bicyclic) bond motifs is 1. The molecule has 1 aromatic heterocycles. The van der Waals surface area contributed by atoms with E-state index in [4.69, 9.17) is 4.74 Å². The number of aromatic nitrogens is 2. The average Bonchev–Trinajstić information content (AvgIpc) is 2.98. The van der Waals surface area contributed by atoms with E-state index in [1.807, 2.05) is 0 Å². The predicted molar refractivity (Wildman–Crippen MR) is 101 cm³/mol. The second kappa shape index (κ2) is 7.49. The first-order chi connectivity index (χ1) is 13.8. The van der Waals surface area contributed by atoms with E-state index in [1.165, 1.54) is 29.2 Å². The van der Waals surface area contributed by atoms with Crippen molar-refractivity contribution in [2.45, 2.75) is 50.5 Å². The lowest BCUT2D eigenvalue weighted by atomic mass is 10.2. The lowest BCUT2D eigenvalue weighted by Crippen LogP contribution is -2.42. The van der Waals surface area contributed by atoms with E-state index in [0.29, 0.717) is 0 Å². The maximum absolute atomic E-state index is 13.5. The van der Waals surface area contributed by atoms with Gasteiger partial charge in [-0.3, -0.25) is 4.72 Å². The number of nitrogens with zero attached hydrogens (tertiary/aromatic N) is 3. The molecule has 0 saturated heterocycles. The summed E-state index contributed by atoms with van der Waals surface area (Å²) in [5.41, 5.74) is -0.858. The van der Waals surface area contributed by atoms with Crippen LogP contribution in [0.3, 0.4) is 0 Å². The summed E-state index contributed by atoms with van der Waals surface area (Å²) in [7, 11) is -4.17. The Morgan fingerprint density at radius 2 is 1.77 bits per heavy atom. The smallest absolute Gasteiger partial charge is 0.444 e. The average molecular weight is 446 g/mol. The number of anilines is 1. The highest BCUT2D eigenvalue weighted by molar-refractivity contribution is 7.92.